The average Bonchev–Trinajstić information content (AvgIpc) is 2.36. The molecule has 1 amide bonds. The summed E-state index contributed by atoms with van der Waals surface area (Å²) in [7, 11) is 0. The number of rotatable bonds is 5. The van der Waals surface area contributed by atoms with Crippen LogP contribution in [0.15, 0.2) is 30.3 Å². The molecule has 0 fully saturated rings. The van der Waals surface area contributed by atoms with Crippen LogP contribution in [0.2, 0.25) is 0 Å². The summed E-state index contributed by atoms with van der Waals surface area (Å²) in [6.45, 7) is 1.86. The average molecular weight is 237 g/mol. The van der Waals surface area contributed by atoms with Crippen LogP contribution < -0.4 is 5.48 Å². The van der Waals surface area contributed by atoms with Crippen LogP contribution >= 0.6 is 0 Å². The predicted molar refractivity (Wildman–Crippen MR) is 60.2 cm³/mol. The van der Waals surface area contributed by atoms with E-state index in [1.165, 1.54) is 5.48 Å². The number of nitrogens with one attached hydrogen (secondary N) is 1. The quantitative estimate of drug-likeness (QED) is 0.345. The number of benzene rings is 1. The highest BCUT2D eigenvalue weighted by Gasteiger charge is 2.27. The predicted octanol–water partition coefficient (Wildman–Crippen LogP) is 0.914. The topological polar surface area (TPSA) is 75.6 Å². The van der Waals surface area contributed by atoms with E-state index in [0.717, 1.165) is 5.56 Å². The van der Waals surface area contributed by atoms with E-state index in [2.05, 4.69) is 0 Å². The maximum Gasteiger partial charge on any atom is 0.318 e. The van der Waals surface area contributed by atoms with Crippen molar-refractivity contribution in [3.05, 3.63) is 35.9 Å². The molecule has 0 saturated carbocycles. The first-order valence-corrected chi connectivity index (χ1v) is 5.33. The minimum atomic E-state index is -1.03. The van der Waals surface area contributed by atoms with Gasteiger partial charge in [0.15, 0.2) is 0 Å². The van der Waals surface area contributed by atoms with Gasteiger partial charge in [-0.15, -0.1) is 0 Å². The third-order valence-corrected chi connectivity index (χ3v) is 2.28. The van der Waals surface area contributed by atoms with Crippen molar-refractivity contribution >= 4 is 11.9 Å². The molecule has 92 valence electrons. The molecule has 1 aromatic carbocycles. The first-order valence-electron chi connectivity index (χ1n) is 5.33. The molecule has 0 aliphatic rings. The van der Waals surface area contributed by atoms with Gasteiger partial charge in [-0.3, -0.25) is 14.8 Å². The molecule has 0 radical (unpaired) electrons. The molecule has 0 unspecified atom stereocenters. The van der Waals surface area contributed by atoms with Gasteiger partial charge in [-0.2, -0.15) is 0 Å². The third-order valence-electron chi connectivity index (χ3n) is 2.28. The highest BCUT2D eigenvalue weighted by Crippen LogP contribution is 2.10. The van der Waals surface area contributed by atoms with E-state index in [0.29, 0.717) is 0 Å². The fourth-order valence-corrected chi connectivity index (χ4v) is 1.45. The number of amides is 1. The Bertz CT molecular complexity index is 377. The molecule has 17 heavy (non-hydrogen) atoms. The fourth-order valence-electron chi connectivity index (χ4n) is 1.45. The molecule has 1 atom stereocenters. The Labute approximate surface area is 99.4 Å². The van der Waals surface area contributed by atoms with E-state index in [1.807, 2.05) is 18.2 Å². The van der Waals surface area contributed by atoms with Gasteiger partial charge in [-0.25, -0.2) is 5.48 Å². The van der Waals surface area contributed by atoms with Crippen molar-refractivity contribution in [3.8, 4) is 0 Å². The number of hydrogen-bond acceptors (Lipinski definition) is 4. The van der Waals surface area contributed by atoms with Crippen LogP contribution in [-0.2, 0) is 20.7 Å². The molecular weight excluding hydrogens is 222 g/mol. The molecule has 2 N–H and O–H groups in total. The monoisotopic (exact) mass is 237 g/mol. The first kappa shape index (κ1) is 13.2. The second kappa shape index (κ2) is 6.65. The number of hydroxylamine groups is 1. The van der Waals surface area contributed by atoms with E-state index in [-0.39, 0.29) is 13.0 Å². The summed E-state index contributed by atoms with van der Waals surface area (Å²) in [6, 6.07) is 9.07. The Morgan fingerprint density at radius 2 is 2.00 bits per heavy atom. The molecule has 0 spiro atoms. The van der Waals surface area contributed by atoms with Gasteiger partial charge in [0.2, 0.25) is 0 Å². The summed E-state index contributed by atoms with van der Waals surface area (Å²) in [5.41, 5.74) is 2.31. The Balaban J connectivity index is 2.77. The lowest BCUT2D eigenvalue weighted by molar-refractivity contribution is -0.154. The van der Waals surface area contributed by atoms with Gasteiger partial charge in [0.1, 0.15) is 5.92 Å². The fraction of sp³-hybridized carbons (Fsp3) is 0.333. The Kier molecular flexibility index (Phi) is 5.16. The van der Waals surface area contributed by atoms with Gasteiger partial charge in [-0.05, 0) is 18.9 Å². The Hall–Kier alpha value is -1.88. The van der Waals surface area contributed by atoms with Crippen molar-refractivity contribution in [2.45, 2.75) is 13.3 Å². The normalized spacial score (nSPS) is 11.6. The summed E-state index contributed by atoms with van der Waals surface area (Å²) < 4.78 is 4.79. The number of hydrogen-bond donors (Lipinski definition) is 2. The van der Waals surface area contributed by atoms with Crippen LogP contribution in [0.25, 0.3) is 0 Å². The van der Waals surface area contributed by atoms with E-state index in [9.17, 15) is 9.59 Å². The van der Waals surface area contributed by atoms with Crippen molar-refractivity contribution in [3.63, 3.8) is 0 Å². The maximum absolute atomic E-state index is 11.6. The van der Waals surface area contributed by atoms with Gasteiger partial charge >= 0.3 is 5.97 Å². The van der Waals surface area contributed by atoms with Crippen LogP contribution in [0.5, 0.6) is 0 Å². The first-order chi connectivity index (χ1) is 8.19. The van der Waals surface area contributed by atoms with E-state index >= 15 is 0 Å². The lowest BCUT2D eigenvalue weighted by Gasteiger charge is -2.13. The zero-order chi connectivity index (χ0) is 12.7. The van der Waals surface area contributed by atoms with Crippen molar-refractivity contribution in [1.29, 1.82) is 0 Å². The van der Waals surface area contributed by atoms with E-state index in [1.54, 1.807) is 19.1 Å². The van der Waals surface area contributed by atoms with Crippen LogP contribution in [0.4, 0.5) is 0 Å². The summed E-state index contributed by atoms with van der Waals surface area (Å²) in [6.07, 6.45) is 0.200. The summed E-state index contributed by atoms with van der Waals surface area (Å²) in [5.74, 6) is -2.42. The lowest BCUT2D eigenvalue weighted by Crippen LogP contribution is -2.36. The molecule has 0 aliphatic heterocycles. The van der Waals surface area contributed by atoms with Gasteiger partial charge < -0.3 is 4.74 Å². The minimum absolute atomic E-state index is 0.197. The zero-order valence-electron chi connectivity index (χ0n) is 9.55. The van der Waals surface area contributed by atoms with Gasteiger partial charge in [0.25, 0.3) is 5.91 Å². The molecule has 0 heterocycles. The van der Waals surface area contributed by atoms with Gasteiger partial charge in [0.05, 0.1) is 6.61 Å². The SMILES string of the molecule is CCOC(=O)[C@H](Cc1ccccc1)C(=O)NO. The van der Waals surface area contributed by atoms with Crippen LogP contribution in [0.3, 0.4) is 0 Å². The molecule has 1 rings (SSSR count). The number of ether oxygens (including phenoxy) is 1. The molecule has 0 aromatic heterocycles. The van der Waals surface area contributed by atoms with Crippen molar-refractivity contribution < 1.29 is 19.5 Å². The molecule has 1 aromatic rings. The summed E-state index contributed by atoms with van der Waals surface area (Å²) >= 11 is 0. The van der Waals surface area contributed by atoms with Crippen LogP contribution in [0.1, 0.15) is 12.5 Å². The van der Waals surface area contributed by atoms with Crippen molar-refractivity contribution in [1.82, 2.24) is 5.48 Å². The smallest absolute Gasteiger partial charge is 0.318 e. The molecule has 0 aliphatic carbocycles. The molecule has 5 heteroatoms. The minimum Gasteiger partial charge on any atom is -0.465 e. The standard InChI is InChI=1S/C12H15NO4/c1-2-17-12(15)10(11(14)13-16)8-9-6-4-3-5-7-9/h3-7,10,16H,2,8H2,1H3,(H,13,14)/t10-/m1/s1. The molecule has 5 nitrogen and oxygen atoms in total. The maximum atomic E-state index is 11.6. The van der Waals surface area contributed by atoms with E-state index < -0.39 is 17.8 Å². The number of esters is 1. The number of carbonyl (C=O) groups is 2. The second-order valence-electron chi connectivity index (χ2n) is 3.47. The largest absolute Gasteiger partial charge is 0.465 e. The van der Waals surface area contributed by atoms with E-state index in [4.69, 9.17) is 9.94 Å². The van der Waals surface area contributed by atoms with Gasteiger partial charge in [-0.1, -0.05) is 30.3 Å². The summed E-state index contributed by atoms with van der Waals surface area (Å²) in [4.78, 5) is 22.9. The van der Waals surface area contributed by atoms with Crippen LogP contribution in [-0.4, -0.2) is 23.7 Å². The van der Waals surface area contributed by atoms with Gasteiger partial charge in [0, 0.05) is 0 Å². The molecule has 0 bridgehead atoms. The number of carbonyl (C=O) groups excluding carboxylic acids is 2. The highest BCUT2D eigenvalue weighted by atomic mass is 16.5. The van der Waals surface area contributed by atoms with Crippen molar-refractivity contribution in [2.24, 2.45) is 5.92 Å². The van der Waals surface area contributed by atoms with Crippen LogP contribution in [0, 0.1) is 5.92 Å². The second-order valence-corrected chi connectivity index (χ2v) is 3.47. The summed E-state index contributed by atoms with van der Waals surface area (Å²) in [5, 5.41) is 8.59. The molecular formula is C12H15NO4. The zero-order valence-corrected chi connectivity index (χ0v) is 9.55. The Morgan fingerprint density at radius 3 is 2.53 bits per heavy atom. The highest BCUT2D eigenvalue weighted by molar-refractivity contribution is 5.97. The lowest BCUT2D eigenvalue weighted by atomic mass is 9.99. The third kappa shape index (κ3) is 3.88. The molecule has 0 saturated heterocycles. The Morgan fingerprint density at radius 1 is 1.35 bits per heavy atom. The van der Waals surface area contributed by atoms with Crippen molar-refractivity contribution in [2.75, 3.05) is 6.61 Å².